The van der Waals surface area contributed by atoms with Crippen LogP contribution in [0.25, 0.3) is 17.1 Å². The molecule has 7 nitrogen and oxygen atoms in total. The quantitative estimate of drug-likeness (QED) is 0.770. The van der Waals surface area contributed by atoms with Gasteiger partial charge in [0, 0.05) is 36.8 Å². The number of benzene rings is 1. The van der Waals surface area contributed by atoms with E-state index in [1.807, 2.05) is 12.1 Å². The van der Waals surface area contributed by atoms with Crippen LogP contribution in [0.4, 0.5) is 11.5 Å². The molecule has 1 aromatic carbocycles. The lowest BCUT2D eigenvalue weighted by Crippen LogP contribution is -2.05. The molecule has 0 saturated heterocycles. The van der Waals surface area contributed by atoms with Gasteiger partial charge in [0.2, 0.25) is 11.9 Å². The highest BCUT2D eigenvalue weighted by molar-refractivity contribution is 5.89. The van der Waals surface area contributed by atoms with Crippen molar-refractivity contribution in [3.05, 3.63) is 54.5 Å². The van der Waals surface area contributed by atoms with E-state index in [0.29, 0.717) is 22.8 Å². The molecule has 118 valence electrons. The van der Waals surface area contributed by atoms with Crippen LogP contribution in [-0.4, -0.2) is 20.4 Å². The van der Waals surface area contributed by atoms with Crippen molar-refractivity contribution in [2.75, 3.05) is 11.1 Å². The van der Waals surface area contributed by atoms with E-state index >= 15 is 0 Å². The van der Waals surface area contributed by atoms with E-state index in [-0.39, 0.29) is 11.7 Å². The Hall–Kier alpha value is -3.66. The van der Waals surface area contributed by atoms with Gasteiger partial charge in [0.15, 0.2) is 0 Å². The summed E-state index contributed by atoms with van der Waals surface area (Å²) in [6.07, 6.45) is 4.95. The highest BCUT2D eigenvalue weighted by Crippen LogP contribution is 2.31. The summed E-state index contributed by atoms with van der Waals surface area (Å²) in [4.78, 5) is 19.4. The van der Waals surface area contributed by atoms with Crippen molar-refractivity contribution in [2.45, 2.75) is 6.92 Å². The van der Waals surface area contributed by atoms with E-state index in [4.69, 9.17) is 5.73 Å². The number of nitrogens with zero attached hydrogens (tertiary/aromatic N) is 4. The Labute approximate surface area is 138 Å². The first-order chi connectivity index (χ1) is 11.6. The number of amides is 1. The highest BCUT2D eigenvalue weighted by Gasteiger charge is 2.17. The lowest BCUT2D eigenvalue weighted by molar-refractivity contribution is -0.114. The van der Waals surface area contributed by atoms with Gasteiger partial charge < -0.3 is 11.1 Å². The summed E-state index contributed by atoms with van der Waals surface area (Å²) in [7, 11) is 0. The first kappa shape index (κ1) is 15.2. The Kier molecular flexibility index (Phi) is 3.95. The van der Waals surface area contributed by atoms with E-state index in [2.05, 4.69) is 21.4 Å². The van der Waals surface area contributed by atoms with Crippen LogP contribution in [0.3, 0.4) is 0 Å². The second kappa shape index (κ2) is 6.22. The molecule has 0 aliphatic carbocycles. The van der Waals surface area contributed by atoms with Crippen molar-refractivity contribution in [2.24, 2.45) is 0 Å². The number of nitrogens with two attached hydrogens (primary N) is 1. The van der Waals surface area contributed by atoms with Gasteiger partial charge in [-0.05, 0) is 23.8 Å². The van der Waals surface area contributed by atoms with Crippen LogP contribution in [-0.2, 0) is 4.79 Å². The summed E-state index contributed by atoms with van der Waals surface area (Å²) in [6.45, 7) is 1.45. The van der Waals surface area contributed by atoms with Gasteiger partial charge in [-0.25, -0.2) is 9.97 Å². The van der Waals surface area contributed by atoms with Gasteiger partial charge in [-0.3, -0.25) is 9.36 Å². The molecule has 0 aliphatic rings. The molecule has 0 fully saturated rings. The number of hydrogen-bond acceptors (Lipinski definition) is 5. The molecule has 1 amide bonds. The summed E-state index contributed by atoms with van der Waals surface area (Å²) in [6, 6.07) is 11.0. The van der Waals surface area contributed by atoms with Crippen LogP contribution in [0, 0.1) is 11.3 Å². The topological polar surface area (TPSA) is 110 Å². The van der Waals surface area contributed by atoms with Crippen LogP contribution < -0.4 is 11.1 Å². The Balaban J connectivity index is 2.05. The van der Waals surface area contributed by atoms with E-state index in [9.17, 15) is 10.1 Å². The van der Waals surface area contributed by atoms with Gasteiger partial charge in [0.05, 0.1) is 0 Å². The summed E-state index contributed by atoms with van der Waals surface area (Å²) < 4.78 is 1.58. The van der Waals surface area contributed by atoms with Gasteiger partial charge >= 0.3 is 0 Å². The second-order valence-corrected chi connectivity index (χ2v) is 5.09. The fourth-order valence-electron chi connectivity index (χ4n) is 2.38. The Morgan fingerprint density at radius 3 is 2.50 bits per heavy atom. The SMILES string of the molecule is CC(=O)Nc1ccc(-c2cn(-c3ncccn3)c(N)c2C#N)cc1. The third-order valence-corrected chi connectivity index (χ3v) is 3.44. The molecule has 0 saturated carbocycles. The zero-order chi connectivity index (χ0) is 17.1. The lowest BCUT2D eigenvalue weighted by atomic mass is 10.0. The second-order valence-electron chi connectivity index (χ2n) is 5.09. The normalized spacial score (nSPS) is 10.2. The number of nitriles is 1. The first-order valence-electron chi connectivity index (χ1n) is 7.16. The van der Waals surface area contributed by atoms with E-state index in [0.717, 1.165) is 5.56 Å². The average Bonchev–Trinajstić information content (AvgIpc) is 2.92. The van der Waals surface area contributed by atoms with Crippen LogP contribution in [0.15, 0.2) is 48.9 Å². The molecule has 2 heterocycles. The smallest absolute Gasteiger partial charge is 0.235 e. The molecule has 0 atom stereocenters. The third kappa shape index (κ3) is 2.80. The maximum atomic E-state index is 11.1. The van der Waals surface area contributed by atoms with Crippen LogP contribution in [0.5, 0.6) is 0 Å². The van der Waals surface area contributed by atoms with Crippen LogP contribution in [0.1, 0.15) is 12.5 Å². The third-order valence-electron chi connectivity index (χ3n) is 3.44. The number of rotatable bonds is 3. The predicted octanol–water partition coefficient (Wildman–Crippen LogP) is 2.35. The standard InChI is InChI=1S/C17H14N6O/c1-11(24)22-13-5-3-12(4-6-13)15-10-23(16(19)14(15)9-18)17-20-7-2-8-21-17/h2-8,10H,19H2,1H3,(H,22,24). The van der Waals surface area contributed by atoms with Gasteiger partial charge in [-0.15, -0.1) is 0 Å². The lowest BCUT2D eigenvalue weighted by Gasteiger charge is -2.03. The number of carbonyl (C=O) groups is 1. The van der Waals surface area contributed by atoms with E-state index < -0.39 is 0 Å². The zero-order valence-electron chi connectivity index (χ0n) is 12.9. The maximum Gasteiger partial charge on any atom is 0.235 e. The summed E-state index contributed by atoms with van der Waals surface area (Å²) in [5, 5.41) is 12.2. The fraction of sp³-hybridized carbons (Fsp3) is 0.0588. The zero-order valence-corrected chi connectivity index (χ0v) is 12.9. The van der Waals surface area contributed by atoms with Crippen molar-refractivity contribution < 1.29 is 4.79 Å². The molecule has 0 bridgehead atoms. The van der Waals surface area contributed by atoms with Crippen molar-refractivity contribution in [3.63, 3.8) is 0 Å². The van der Waals surface area contributed by atoms with Crippen molar-refractivity contribution >= 4 is 17.4 Å². The molecule has 3 aromatic rings. The molecular weight excluding hydrogens is 304 g/mol. The largest absolute Gasteiger partial charge is 0.384 e. The molecule has 0 spiro atoms. The van der Waals surface area contributed by atoms with Crippen LogP contribution in [0.2, 0.25) is 0 Å². The molecule has 24 heavy (non-hydrogen) atoms. The molecule has 2 aromatic heterocycles. The summed E-state index contributed by atoms with van der Waals surface area (Å²) in [5.74, 6) is 0.536. The molecule has 7 heteroatoms. The van der Waals surface area contributed by atoms with Crippen molar-refractivity contribution in [1.29, 1.82) is 5.26 Å². The molecule has 3 N–H and O–H groups in total. The number of nitrogen functional groups attached to an aromatic ring is 1. The number of aromatic nitrogens is 3. The molecule has 0 unspecified atom stereocenters. The van der Waals surface area contributed by atoms with Crippen LogP contribution >= 0.6 is 0 Å². The minimum Gasteiger partial charge on any atom is -0.384 e. The van der Waals surface area contributed by atoms with Gasteiger partial charge in [-0.1, -0.05) is 12.1 Å². The van der Waals surface area contributed by atoms with E-state index in [1.165, 1.54) is 6.92 Å². The van der Waals surface area contributed by atoms with Gasteiger partial charge in [0.1, 0.15) is 17.5 Å². The Bertz CT molecular complexity index is 922. The summed E-state index contributed by atoms with van der Waals surface area (Å²) >= 11 is 0. The monoisotopic (exact) mass is 318 g/mol. The minimum atomic E-state index is -0.142. The highest BCUT2D eigenvalue weighted by atomic mass is 16.1. The van der Waals surface area contributed by atoms with Gasteiger partial charge in [0.25, 0.3) is 0 Å². The number of anilines is 2. The first-order valence-corrected chi connectivity index (χ1v) is 7.16. The minimum absolute atomic E-state index is 0.142. The molecule has 0 radical (unpaired) electrons. The molecule has 0 aliphatic heterocycles. The number of hydrogen-bond donors (Lipinski definition) is 2. The van der Waals surface area contributed by atoms with Gasteiger partial charge in [-0.2, -0.15) is 5.26 Å². The fourth-order valence-corrected chi connectivity index (χ4v) is 2.38. The molecular formula is C17H14N6O. The maximum absolute atomic E-state index is 11.1. The van der Waals surface area contributed by atoms with Crippen molar-refractivity contribution in [1.82, 2.24) is 14.5 Å². The number of nitrogens with one attached hydrogen (secondary N) is 1. The Morgan fingerprint density at radius 2 is 1.92 bits per heavy atom. The number of carbonyl (C=O) groups excluding carboxylic acids is 1. The average molecular weight is 318 g/mol. The summed E-state index contributed by atoms with van der Waals surface area (Å²) in [5.41, 5.74) is 8.61. The Morgan fingerprint density at radius 1 is 1.25 bits per heavy atom. The van der Waals surface area contributed by atoms with E-state index in [1.54, 1.807) is 41.4 Å². The molecule has 3 rings (SSSR count). The predicted molar refractivity (Wildman–Crippen MR) is 90.2 cm³/mol. The van der Waals surface area contributed by atoms with Crippen molar-refractivity contribution in [3.8, 4) is 23.1 Å².